The van der Waals surface area contributed by atoms with Gasteiger partial charge in [0.25, 0.3) is 5.91 Å². The molecule has 0 saturated carbocycles. The van der Waals surface area contributed by atoms with Crippen molar-refractivity contribution in [1.82, 2.24) is 10.3 Å². The van der Waals surface area contributed by atoms with Gasteiger partial charge >= 0.3 is 6.09 Å². The number of benzene rings is 1. The van der Waals surface area contributed by atoms with E-state index in [1.165, 1.54) is 0 Å². The Hall–Kier alpha value is -3.47. The minimum Gasteiger partial charge on any atom is -0.480 e. The van der Waals surface area contributed by atoms with E-state index in [0.29, 0.717) is 24.4 Å². The molecule has 2 aliphatic heterocycles. The quantitative estimate of drug-likeness (QED) is 0.782. The summed E-state index contributed by atoms with van der Waals surface area (Å²) in [7, 11) is 0. The SMILES string of the molecule is C#CCOc1cc2c(N3C[C@@H]4NC(=O)O[C@@H]4C3)ccnc2cc1C(N)=O. The Bertz CT molecular complexity index is 936. The number of nitrogens with zero attached hydrogens (tertiary/aromatic N) is 2. The third-order valence-corrected chi connectivity index (χ3v) is 4.56. The summed E-state index contributed by atoms with van der Waals surface area (Å²) in [6, 6.07) is 5.15. The van der Waals surface area contributed by atoms with Crippen molar-refractivity contribution >= 4 is 28.6 Å². The lowest BCUT2D eigenvalue weighted by atomic mass is 10.1. The van der Waals surface area contributed by atoms with Crippen LogP contribution in [0.4, 0.5) is 10.5 Å². The standard InChI is InChI=1S/C18H16N4O4/c1-2-5-25-15-7-10-12(6-11(15)17(19)23)20-4-3-14(10)22-8-13-16(9-22)26-18(24)21-13/h1,3-4,6-7,13,16H,5,8-9H2,(H2,19,23)(H,21,24)/t13-,16+/m0/s1. The van der Waals surface area contributed by atoms with Gasteiger partial charge in [0, 0.05) is 23.8 Å². The van der Waals surface area contributed by atoms with Crippen molar-refractivity contribution in [1.29, 1.82) is 0 Å². The molecule has 2 atom stereocenters. The van der Waals surface area contributed by atoms with Crippen molar-refractivity contribution in [2.75, 3.05) is 24.6 Å². The molecule has 2 amide bonds. The molecule has 0 bridgehead atoms. The summed E-state index contributed by atoms with van der Waals surface area (Å²) >= 11 is 0. The fourth-order valence-corrected chi connectivity index (χ4v) is 3.42. The molecule has 1 aromatic carbocycles. The zero-order valence-corrected chi connectivity index (χ0v) is 13.8. The first-order valence-electron chi connectivity index (χ1n) is 8.07. The number of carbonyl (C=O) groups excluding carboxylic acids is 2. The Morgan fingerprint density at radius 1 is 1.50 bits per heavy atom. The highest BCUT2D eigenvalue weighted by atomic mass is 16.6. The number of nitrogens with one attached hydrogen (secondary N) is 1. The van der Waals surface area contributed by atoms with Crippen LogP contribution in [-0.4, -0.2) is 48.8 Å². The van der Waals surface area contributed by atoms with Crippen molar-refractivity contribution < 1.29 is 19.1 Å². The Balaban J connectivity index is 1.75. The number of hydrogen-bond acceptors (Lipinski definition) is 6. The van der Waals surface area contributed by atoms with Gasteiger partial charge in [-0.3, -0.25) is 9.78 Å². The van der Waals surface area contributed by atoms with Gasteiger partial charge < -0.3 is 25.4 Å². The fraction of sp³-hybridized carbons (Fsp3) is 0.278. The van der Waals surface area contributed by atoms with Crippen LogP contribution in [0.2, 0.25) is 0 Å². The highest BCUT2D eigenvalue weighted by molar-refractivity contribution is 6.02. The summed E-state index contributed by atoms with van der Waals surface area (Å²) in [6.07, 6.45) is 6.35. The zero-order valence-electron chi connectivity index (χ0n) is 13.8. The molecule has 132 valence electrons. The molecule has 8 nitrogen and oxygen atoms in total. The number of ether oxygens (including phenoxy) is 2. The average molecular weight is 352 g/mol. The highest BCUT2D eigenvalue weighted by Crippen LogP contribution is 2.34. The molecule has 2 saturated heterocycles. The molecule has 0 unspecified atom stereocenters. The van der Waals surface area contributed by atoms with E-state index in [0.717, 1.165) is 11.1 Å². The maximum Gasteiger partial charge on any atom is 0.407 e. The van der Waals surface area contributed by atoms with Crippen LogP contribution < -0.4 is 20.7 Å². The number of terminal acetylenes is 1. The number of pyridine rings is 1. The highest BCUT2D eigenvalue weighted by Gasteiger charge is 2.42. The monoisotopic (exact) mass is 352 g/mol. The molecule has 0 aliphatic carbocycles. The molecule has 0 radical (unpaired) electrons. The van der Waals surface area contributed by atoms with Crippen LogP contribution in [-0.2, 0) is 4.74 Å². The van der Waals surface area contributed by atoms with Crippen LogP contribution in [0, 0.1) is 12.3 Å². The Morgan fingerprint density at radius 3 is 3.08 bits per heavy atom. The first-order chi connectivity index (χ1) is 12.6. The molecule has 8 heteroatoms. The number of hydrogen-bond donors (Lipinski definition) is 2. The average Bonchev–Trinajstić information content (AvgIpc) is 3.15. The Labute approximate surface area is 149 Å². The number of amides is 2. The van der Waals surface area contributed by atoms with Gasteiger partial charge in [-0.15, -0.1) is 6.42 Å². The van der Waals surface area contributed by atoms with Crippen molar-refractivity contribution in [3.8, 4) is 18.1 Å². The van der Waals surface area contributed by atoms with E-state index in [1.807, 2.05) is 6.07 Å². The van der Waals surface area contributed by atoms with Gasteiger partial charge in [-0.1, -0.05) is 5.92 Å². The predicted octanol–water partition coefficient (Wildman–Crippen LogP) is 0.643. The third-order valence-electron chi connectivity index (χ3n) is 4.56. The Kier molecular flexibility index (Phi) is 3.77. The molecule has 3 heterocycles. The summed E-state index contributed by atoms with van der Waals surface area (Å²) in [5.74, 6) is 2.08. The van der Waals surface area contributed by atoms with Crippen molar-refractivity contribution in [2.45, 2.75) is 12.1 Å². The van der Waals surface area contributed by atoms with Gasteiger partial charge in [-0.05, 0) is 18.2 Å². The van der Waals surface area contributed by atoms with Crippen LogP contribution in [0.25, 0.3) is 10.9 Å². The number of alkyl carbamates (subject to hydrolysis) is 1. The van der Waals surface area contributed by atoms with Crippen molar-refractivity contribution in [2.24, 2.45) is 5.73 Å². The second kappa shape index (κ2) is 6.11. The van der Waals surface area contributed by atoms with Crippen LogP contribution in [0.1, 0.15) is 10.4 Å². The van der Waals surface area contributed by atoms with E-state index in [4.69, 9.17) is 21.6 Å². The largest absolute Gasteiger partial charge is 0.480 e. The van der Waals surface area contributed by atoms with E-state index in [2.05, 4.69) is 21.1 Å². The van der Waals surface area contributed by atoms with Crippen molar-refractivity contribution in [3.63, 3.8) is 0 Å². The minimum absolute atomic E-state index is 0.0229. The molecular weight excluding hydrogens is 336 g/mol. The molecular formula is C18H16N4O4. The smallest absolute Gasteiger partial charge is 0.407 e. The normalized spacial score (nSPS) is 21.0. The van der Waals surface area contributed by atoms with E-state index in [-0.39, 0.29) is 30.4 Å². The molecule has 2 fully saturated rings. The summed E-state index contributed by atoms with van der Waals surface area (Å²) in [5, 5.41) is 3.60. The van der Waals surface area contributed by atoms with Crippen LogP contribution >= 0.6 is 0 Å². The predicted molar refractivity (Wildman–Crippen MR) is 94.0 cm³/mol. The van der Waals surface area contributed by atoms with Crippen molar-refractivity contribution in [3.05, 3.63) is 30.0 Å². The molecule has 2 aliphatic rings. The molecule has 3 N–H and O–H groups in total. The van der Waals surface area contributed by atoms with Gasteiger partial charge in [0.15, 0.2) is 0 Å². The number of primary amides is 1. The Morgan fingerprint density at radius 2 is 2.35 bits per heavy atom. The number of fused-ring (bicyclic) bond motifs is 2. The maximum atomic E-state index is 11.7. The lowest BCUT2D eigenvalue weighted by Gasteiger charge is -2.21. The second-order valence-corrected chi connectivity index (χ2v) is 6.15. The van der Waals surface area contributed by atoms with Crippen LogP contribution in [0.5, 0.6) is 5.75 Å². The lowest BCUT2D eigenvalue weighted by molar-refractivity contribution is 0.0997. The molecule has 26 heavy (non-hydrogen) atoms. The second-order valence-electron chi connectivity index (χ2n) is 6.15. The number of rotatable bonds is 4. The van der Waals surface area contributed by atoms with E-state index >= 15 is 0 Å². The van der Waals surface area contributed by atoms with Gasteiger partial charge in [-0.2, -0.15) is 0 Å². The minimum atomic E-state index is -0.613. The molecule has 2 aromatic rings. The van der Waals surface area contributed by atoms with E-state index in [9.17, 15) is 9.59 Å². The summed E-state index contributed by atoms with van der Waals surface area (Å²) in [6.45, 7) is 1.21. The summed E-state index contributed by atoms with van der Waals surface area (Å²) < 4.78 is 10.8. The molecule has 1 aromatic heterocycles. The summed E-state index contributed by atoms with van der Waals surface area (Å²) in [5.41, 5.74) is 7.20. The van der Waals surface area contributed by atoms with Gasteiger partial charge in [0.05, 0.1) is 23.7 Å². The van der Waals surface area contributed by atoms with Gasteiger partial charge in [-0.25, -0.2) is 4.79 Å². The van der Waals surface area contributed by atoms with Gasteiger partial charge in [0.1, 0.15) is 18.5 Å². The topological polar surface area (TPSA) is 107 Å². The van der Waals surface area contributed by atoms with Crippen LogP contribution in [0.3, 0.4) is 0 Å². The number of nitrogens with two attached hydrogens (primary N) is 1. The van der Waals surface area contributed by atoms with E-state index in [1.54, 1.807) is 18.3 Å². The van der Waals surface area contributed by atoms with Crippen LogP contribution in [0.15, 0.2) is 24.4 Å². The summed E-state index contributed by atoms with van der Waals surface area (Å²) in [4.78, 5) is 29.5. The molecule has 4 rings (SSSR count). The zero-order chi connectivity index (χ0) is 18.3. The van der Waals surface area contributed by atoms with E-state index < -0.39 is 5.91 Å². The maximum absolute atomic E-state index is 11.7. The van der Waals surface area contributed by atoms with Gasteiger partial charge in [0.2, 0.25) is 0 Å². The molecule has 0 spiro atoms. The first-order valence-corrected chi connectivity index (χ1v) is 8.07. The number of aromatic nitrogens is 1. The number of anilines is 1. The lowest BCUT2D eigenvalue weighted by Crippen LogP contribution is -2.32. The fourth-order valence-electron chi connectivity index (χ4n) is 3.42. The third kappa shape index (κ3) is 2.63. The first kappa shape index (κ1) is 16.0. The number of carbonyl (C=O) groups is 2.